The van der Waals surface area contributed by atoms with Gasteiger partial charge in [0.1, 0.15) is 0 Å². The zero-order valence-corrected chi connectivity index (χ0v) is 6.87. The van der Waals surface area contributed by atoms with Gasteiger partial charge >= 0.3 is 5.97 Å². The number of rotatable bonds is 2. The van der Waals surface area contributed by atoms with E-state index in [-0.39, 0.29) is 23.9 Å². The van der Waals surface area contributed by atoms with Crippen LogP contribution in [-0.2, 0) is 4.79 Å². The minimum Gasteiger partial charge on any atom is -0.481 e. The van der Waals surface area contributed by atoms with Gasteiger partial charge in [0.15, 0.2) is 0 Å². The van der Waals surface area contributed by atoms with Crippen LogP contribution in [0.2, 0.25) is 0 Å². The molecule has 0 amide bonds. The second-order valence-corrected chi connectivity index (χ2v) is 3.83. The zero-order chi connectivity index (χ0) is 8.65. The predicted octanol–water partition coefficient (Wildman–Crippen LogP) is 0.726. The maximum Gasteiger partial charge on any atom is 0.307 e. The van der Waals surface area contributed by atoms with E-state index in [0.717, 1.165) is 0 Å². The van der Waals surface area contributed by atoms with Gasteiger partial charge in [-0.2, -0.15) is 0 Å². The molecule has 2 atom stereocenters. The normalized spacial score (nSPS) is 34.5. The highest BCUT2D eigenvalue weighted by Gasteiger charge is 2.51. The van der Waals surface area contributed by atoms with Crippen molar-refractivity contribution in [2.45, 2.75) is 20.3 Å². The average molecular weight is 158 g/mol. The topological polar surface area (TPSA) is 57.5 Å². The van der Waals surface area contributed by atoms with Gasteiger partial charge in [0.25, 0.3) is 0 Å². The van der Waals surface area contributed by atoms with Gasteiger partial charge in [-0.3, -0.25) is 4.79 Å². The Balaban J connectivity index is 2.61. The molecule has 1 aliphatic rings. The molecule has 1 saturated carbocycles. The van der Waals surface area contributed by atoms with E-state index in [0.29, 0.717) is 6.42 Å². The van der Waals surface area contributed by atoms with E-state index >= 15 is 0 Å². The summed E-state index contributed by atoms with van der Waals surface area (Å²) in [5, 5.41) is 17.5. The number of hydrogen-bond acceptors (Lipinski definition) is 2. The smallest absolute Gasteiger partial charge is 0.307 e. The lowest BCUT2D eigenvalue weighted by Gasteiger charge is -2.49. The molecule has 1 fully saturated rings. The molecule has 1 aliphatic carbocycles. The van der Waals surface area contributed by atoms with Crippen molar-refractivity contribution in [3.8, 4) is 0 Å². The van der Waals surface area contributed by atoms with Gasteiger partial charge in [-0.1, -0.05) is 13.8 Å². The molecular formula is C8H14O3. The molecule has 0 aromatic heterocycles. The van der Waals surface area contributed by atoms with Gasteiger partial charge in [-0.15, -0.1) is 0 Å². The van der Waals surface area contributed by atoms with Gasteiger partial charge in [0.2, 0.25) is 0 Å². The Morgan fingerprint density at radius 2 is 2.18 bits per heavy atom. The van der Waals surface area contributed by atoms with Crippen molar-refractivity contribution in [1.82, 2.24) is 0 Å². The van der Waals surface area contributed by atoms with Crippen molar-refractivity contribution in [2.24, 2.45) is 17.3 Å². The van der Waals surface area contributed by atoms with Crippen molar-refractivity contribution < 1.29 is 15.0 Å². The largest absolute Gasteiger partial charge is 0.481 e. The molecule has 64 valence electrons. The van der Waals surface area contributed by atoms with Crippen LogP contribution in [0, 0.1) is 17.3 Å². The minimum absolute atomic E-state index is 0.108. The number of hydrogen-bond donors (Lipinski definition) is 2. The number of carboxylic acid groups (broad SMARTS) is 1. The summed E-state index contributed by atoms with van der Waals surface area (Å²) in [5.74, 6) is -0.831. The fourth-order valence-corrected chi connectivity index (χ4v) is 1.74. The Morgan fingerprint density at radius 1 is 1.64 bits per heavy atom. The first-order chi connectivity index (χ1) is 5.00. The molecule has 1 rings (SSSR count). The van der Waals surface area contributed by atoms with Crippen LogP contribution in [0.1, 0.15) is 20.3 Å². The molecule has 0 aromatic carbocycles. The number of carboxylic acids is 1. The van der Waals surface area contributed by atoms with Crippen LogP contribution in [-0.4, -0.2) is 22.8 Å². The average Bonchev–Trinajstić information content (AvgIpc) is 1.85. The van der Waals surface area contributed by atoms with Crippen LogP contribution in [0.3, 0.4) is 0 Å². The van der Waals surface area contributed by atoms with Crippen LogP contribution < -0.4 is 0 Å². The number of aliphatic carboxylic acids is 1. The molecule has 3 heteroatoms. The van der Waals surface area contributed by atoms with Crippen molar-refractivity contribution in [3.63, 3.8) is 0 Å². The lowest BCUT2D eigenvalue weighted by molar-refractivity contribution is -0.161. The molecule has 3 nitrogen and oxygen atoms in total. The van der Waals surface area contributed by atoms with E-state index in [4.69, 9.17) is 10.2 Å². The summed E-state index contributed by atoms with van der Waals surface area (Å²) < 4.78 is 0. The number of aliphatic hydroxyl groups is 1. The SMILES string of the molecule is CC1(C)C(CO)CC1C(=O)O. The highest BCUT2D eigenvalue weighted by atomic mass is 16.4. The first-order valence-electron chi connectivity index (χ1n) is 3.83. The zero-order valence-electron chi connectivity index (χ0n) is 6.87. The van der Waals surface area contributed by atoms with Crippen molar-refractivity contribution in [2.75, 3.05) is 6.61 Å². The molecule has 2 N–H and O–H groups in total. The molecule has 0 spiro atoms. The van der Waals surface area contributed by atoms with Crippen molar-refractivity contribution in [3.05, 3.63) is 0 Å². The first-order valence-corrected chi connectivity index (χ1v) is 3.83. The van der Waals surface area contributed by atoms with Crippen LogP contribution >= 0.6 is 0 Å². The highest BCUT2D eigenvalue weighted by Crippen LogP contribution is 2.50. The lowest BCUT2D eigenvalue weighted by atomic mass is 9.55. The molecule has 2 unspecified atom stereocenters. The maximum absolute atomic E-state index is 10.6. The Morgan fingerprint density at radius 3 is 2.45 bits per heavy atom. The van der Waals surface area contributed by atoms with Crippen molar-refractivity contribution >= 4 is 5.97 Å². The number of aliphatic hydroxyl groups excluding tert-OH is 1. The molecule has 11 heavy (non-hydrogen) atoms. The number of carbonyl (C=O) groups is 1. The van der Waals surface area contributed by atoms with Crippen LogP contribution in [0.15, 0.2) is 0 Å². The van der Waals surface area contributed by atoms with Crippen LogP contribution in [0.5, 0.6) is 0 Å². The molecule has 0 saturated heterocycles. The quantitative estimate of drug-likeness (QED) is 0.622. The van der Waals surface area contributed by atoms with Gasteiger partial charge in [0.05, 0.1) is 5.92 Å². The fraction of sp³-hybridized carbons (Fsp3) is 0.875. The summed E-state index contributed by atoms with van der Waals surface area (Å²) in [6.45, 7) is 3.91. The fourth-order valence-electron chi connectivity index (χ4n) is 1.74. The van der Waals surface area contributed by atoms with Crippen LogP contribution in [0.25, 0.3) is 0 Å². The van der Waals surface area contributed by atoms with E-state index in [1.807, 2.05) is 13.8 Å². The third-order valence-electron chi connectivity index (χ3n) is 2.99. The third kappa shape index (κ3) is 1.13. The molecular weight excluding hydrogens is 144 g/mol. The van der Waals surface area contributed by atoms with E-state index < -0.39 is 5.97 Å². The Kier molecular flexibility index (Phi) is 1.92. The summed E-state index contributed by atoms with van der Waals surface area (Å²) >= 11 is 0. The maximum atomic E-state index is 10.6. The molecule has 0 aromatic rings. The molecule has 0 bridgehead atoms. The molecule has 0 heterocycles. The predicted molar refractivity (Wildman–Crippen MR) is 40.1 cm³/mol. The van der Waals surface area contributed by atoms with Crippen molar-refractivity contribution in [1.29, 1.82) is 0 Å². The second kappa shape index (κ2) is 2.48. The van der Waals surface area contributed by atoms with E-state index in [1.165, 1.54) is 0 Å². The van der Waals surface area contributed by atoms with Gasteiger partial charge < -0.3 is 10.2 Å². The van der Waals surface area contributed by atoms with E-state index in [2.05, 4.69) is 0 Å². The summed E-state index contributed by atoms with van der Waals surface area (Å²) in [6, 6.07) is 0. The van der Waals surface area contributed by atoms with Gasteiger partial charge in [0, 0.05) is 6.61 Å². The highest BCUT2D eigenvalue weighted by molar-refractivity contribution is 5.72. The monoisotopic (exact) mass is 158 g/mol. The van der Waals surface area contributed by atoms with Gasteiger partial charge in [-0.25, -0.2) is 0 Å². The summed E-state index contributed by atoms with van der Waals surface area (Å²) in [4.78, 5) is 10.6. The summed E-state index contributed by atoms with van der Waals surface area (Å²) in [5.41, 5.74) is -0.222. The first kappa shape index (κ1) is 8.53. The van der Waals surface area contributed by atoms with Gasteiger partial charge in [-0.05, 0) is 17.8 Å². The third-order valence-corrected chi connectivity index (χ3v) is 2.99. The minimum atomic E-state index is -0.736. The lowest BCUT2D eigenvalue weighted by Crippen LogP contribution is -2.50. The van der Waals surface area contributed by atoms with E-state index in [9.17, 15) is 4.79 Å². The Hall–Kier alpha value is -0.570. The standard InChI is InChI=1S/C8H14O3/c1-8(2)5(4-9)3-6(8)7(10)11/h5-6,9H,3-4H2,1-2H3,(H,10,11). The Labute approximate surface area is 66.0 Å². The molecule has 0 aliphatic heterocycles. The molecule has 0 radical (unpaired) electrons. The second-order valence-electron chi connectivity index (χ2n) is 3.83. The summed E-state index contributed by atoms with van der Waals surface area (Å²) in [6.07, 6.45) is 0.624. The Bertz CT molecular complexity index is 174. The van der Waals surface area contributed by atoms with E-state index in [1.54, 1.807) is 0 Å². The van der Waals surface area contributed by atoms with Crippen LogP contribution in [0.4, 0.5) is 0 Å². The summed E-state index contributed by atoms with van der Waals surface area (Å²) in [7, 11) is 0.